The number of allylic oxidation sites excluding steroid dienone is 1. The molecule has 0 spiro atoms. The molecule has 8 atom stereocenters. The van der Waals surface area contributed by atoms with E-state index in [9.17, 15) is 19.2 Å². The number of carbonyl (C=O) groups excluding carboxylic acids is 4. The largest absolute Gasteiger partial charge is 0.491 e. The fourth-order valence-electron chi connectivity index (χ4n) is 9.90. The van der Waals surface area contributed by atoms with Crippen molar-refractivity contribution in [1.29, 1.82) is 0 Å². The number of carbonyl (C=O) groups is 4. The summed E-state index contributed by atoms with van der Waals surface area (Å²) in [5.74, 6) is 0.930. The number of nitrogens with one attached hydrogen (secondary N) is 2. The zero-order chi connectivity index (χ0) is 42.0. The van der Waals surface area contributed by atoms with Crippen LogP contribution in [0, 0.1) is 17.8 Å². The summed E-state index contributed by atoms with van der Waals surface area (Å²) in [6.45, 7) is 8.34. The molecule has 14 nitrogen and oxygen atoms in total. The van der Waals surface area contributed by atoms with Crippen molar-refractivity contribution in [3.63, 3.8) is 0 Å². The topological polar surface area (TPSA) is 158 Å². The zero-order valence-electron chi connectivity index (χ0n) is 35.2. The number of rotatable bonds is 10. The maximum absolute atomic E-state index is 14.7. The number of methoxy groups -OCH3 is 1. The van der Waals surface area contributed by atoms with Gasteiger partial charge in [-0.25, -0.2) is 14.6 Å². The molecular weight excluding hydrogens is 790 g/mol. The molecule has 8 rings (SSSR count). The summed E-state index contributed by atoms with van der Waals surface area (Å²) in [6, 6.07) is 3.66. The van der Waals surface area contributed by atoms with Gasteiger partial charge in [-0.1, -0.05) is 49.3 Å². The maximum Gasteiger partial charge on any atom is 0.408 e. The summed E-state index contributed by atoms with van der Waals surface area (Å²) in [5.41, 5.74) is 1.03. The molecule has 1 unspecified atom stereocenters. The second-order valence-electron chi connectivity index (χ2n) is 18.0. The average Bonchev–Trinajstić information content (AvgIpc) is 4.02. The highest BCUT2D eigenvalue weighted by Gasteiger charge is 2.62. The van der Waals surface area contributed by atoms with Crippen molar-refractivity contribution in [3.8, 4) is 11.5 Å². The van der Waals surface area contributed by atoms with Crippen molar-refractivity contribution in [3.05, 3.63) is 34.5 Å². The van der Waals surface area contributed by atoms with Crippen molar-refractivity contribution < 1.29 is 42.9 Å². The normalized spacial score (nSPS) is 30.7. The Morgan fingerprint density at radius 3 is 2.50 bits per heavy atom. The molecular formula is C45H60ClN5O9. The molecule has 3 saturated heterocycles. The van der Waals surface area contributed by atoms with Gasteiger partial charge >= 0.3 is 12.1 Å². The minimum atomic E-state index is -1.14. The molecule has 2 N–H and O–H groups in total. The minimum Gasteiger partial charge on any atom is -0.491 e. The highest BCUT2D eigenvalue weighted by atomic mass is 35.5. The van der Waals surface area contributed by atoms with E-state index in [0.717, 1.165) is 76.6 Å². The number of nitrogens with zero attached hydrogens (tertiary/aromatic N) is 3. The van der Waals surface area contributed by atoms with Crippen LogP contribution in [-0.2, 0) is 28.6 Å². The number of hydrogen-bond donors (Lipinski definition) is 2. The van der Waals surface area contributed by atoms with E-state index in [-0.39, 0.29) is 30.9 Å². The van der Waals surface area contributed by atoms with Crippen molar-refractivity contribution in [2.24, 2.45) is 17.8 Å². The van der Waals surface area contributed by atoms with E-state index in [1.807, 2.05) is 38.1 Å². The SMILES string of the molecule is COC(=O)[C@@]12C[C@@H]1CCCCCCC[C@H](NC(=O)OC1C[C@@H]3C[C@@H]3C1)C(=O)N1C[C@H](Oc3cc(C=C(C)C)nc4c(Cl)c(OCCN5CCOCC5)ccc34)C[C@H]1C(=O)N2. The number of amides is 3. The number of aromatic nitrogens is 1. The predicted octanol–water partition coefficient (Wildman–Crippen LogP) is 6.06. The number of morpholine rings is 1. The van der Waals surface area contributed by atoms with Gasteiger partial charge in [-0.05, 0) is 88.3 Å². The lowest BCUT2D eigenvalue weighted by Crippen LogP contribution is -2.56. The third-order valence-corrected chi connectivity index (χ3v) is 13.7. The number of benzene rings is 1. The van der Waals surface area contributed by atoms with Crippen LogP contribution in [0.15, 0.2) is 23.8 Å². The molecule has 1 aromatic carbocycles. The van der Waals surface area contributed by atoms with E-state index in [1.54, 1.807) is 0 Å². The summed E-state index contributed by atoms with van der Waals surface area (Å²) < 4.78 is 29.5. The van der Waals surface area contributed by atoms with Gasteiger partial charge in [0, 0.05) is 37.5 Å². The Labute approximate surface area is 357 Å². The first-order valence-electron chi connectivity index (χ1n) is 22.1. The second-order valence-corrected chi connectivity index (χ2v) is 18.4. The maximum atomic E-state index is 14.7. The molecule has 3 aliphatic carbocycles. The van der Waals surface area contributed by atoms with Crippen LogP contribution in [0.3, 0.4) is 0 Å². The van der Waals surface area contributed by atoms with E-state index in [1.165, 1.54) is 18.4 Å². The number of hydrogen-bond acceptors (Lipinski definition) is 11. The Hall–Kier alpha value is -4.14. The highest BCUT2D eigenvalue weighted by Crippen LogP contribution is 2.52. The van der Waals surface area contributed by atoms with Gasteiger partial charge in [0.15, 0.2) is 0 Å². The molecule has 2 aromatic rings. The first-order chi connectivity index (χ1) is 29.0. The molecule has 60 heavy (non-hydrogen) atoms. The predicted molar refractivity (Wildman–Crippen MR) is 225 cm³/mol. The lowest BCUT2D eigenvalue weighted by Gasteiger charge is -2.29. The van der Waals surface area contributed by atoms with Crippen molar-refractivity contribution in [2.45, 2.75) is 121 Å². The van der Waals surface area contributed by atoms with Crippen LogP contribution in [0.1, 0.15) is 96.6 Å². The molecule has 4 heterocycles. The number of alkyl carbamates (subject to hydrolysis) is 1. The Kier molecular flexibility index (Phi) is 13.1. The van der Waals surface area contributed by atoms with Crippen LogP contribution < -0.4 is 20.1 Å². The molecule has 0 radical (unpaired) electrons. The lowest BCUT2D eigenvalue weighted by molar-refractivity contribution is -0.148. The fourth-order valence-corrected chi connectivity index (χ4v) is 10.2. The Bertz CT molecular complexity index is 1960. The third-order valence-electron chi connectivity index (χ3n) is 13.3. The quantitative estimate of drug-likeness (QED) is 0.268. The van der Waals surface area contributed by atoms with Crippen LogP contribution in [0.2, 0.25) is 5.02 Å². The summed E-state index contributed by atoms with van der Waals surface area (Å²) >= 11 is 7.03. The van der Waals surface area contributed by atoms with Crippen molar-refractivity contribution in [2.75, 3.05) is 53.1 Å². The molecule has 1 aromatic heterocycles. The number of pyridine rings is 1. The number of halogens is 1. The van der Waals surface area contributed by atoms with Gasteiger partial charge in [-0.3, -0.25) is 14.5 Å². The fraction of sp³-hybridized carbons (Fsp3) is 0.667. The second kappa shape index (κ2) is 18.5. The van der Waals surface area contributed by atoms with Crippen LogP contribution in [0.5, 0.6) is 11.5 Å². The summed E-state index contributed by atoms with van der Waals surface area (Å²) in [6.07, 6.45) is 9.79. The van der Waals surface area contributed by atoms with Gasteiger partial charge in [0.1, 0.15) is 53.0 Å². The van der Waals surface area contributed by atoms with Gasteiger partial charge in [0.05, 0.1) is 38.1 Å². The molecule has 15 heteroatoms. The summed E-state index contributed by atoms with van der Waals surface area (Å²) in [7, 11) is 1.34. The van der Waals surface area contributed by atoms with Crippen LogP contribution in [-0.4, -0.2) is 122 Å². The standard InChI is InChI=1S/C45H60ClN5O9/c1-27(2)19-31-23-38(34-11-12-37(39(46)40(34)47-31)58-18-15-50-13-16-57-17-14-50)59-33-24-36-41(52)49-45(43(54)56-3)25-30(45)9-7-5-4-6-8-10-35(42(53)51(36)26-33)48-44(55)60-32-21-28-20-29(28)22-32/h11-12,19,23,28-30,32-33,35-36H,4-10,13-18,20-22,24-26H2,1-3H3,(H,48,55)(H,49,52)/t28-,29+,30-,32?,33+,35-,36-,45+/m0/s1. The van der Waals surface area contributed by atoms with Crippen LogP contribution in [0.4, 0.5) is 4.79 Å². The molecule has 3 amide bonds. The molecule has 6 fully saturated rings. The van der Waals surface area contributed by atoms with Gasteiger partial charge in [0.2, 0.25) is 11.8 Å². The van der Waals surface area contributed by atoms with Crippen LogP contribution >= 0.6 is 11.6 Å². The summed E-state index contributed by atoms with van der Waals surface area (Å²) in [4.78, 5) is 64.5. The lowest BCUT2D eigenvalue weighted by atomic mass is 10.0. The average molecular weight is 850 g/mol. The molecule has 3 aliphatic heterocycles. The highest BCUT2D eigenvalue weighted by molar-refractivity contribution is 6.36. The Morgan fingerprint density at radius 2 is 1.75 bits per heavy atom. The van der Waals surface area contributed by atoms with Gasteiger partial charge in [-0.15, -0.1) is 0 Å². The number of fused-ring (bicyclic) bond motifs is 4. The van der Waals surface area contributed by atoms with Gasteiger partial charge in [0.25, 0.3) is 0 Å². The minimum absolute atomic E-state index is 0.0443. The van der Waals surface area contributed by atoms with Crippen molar-refractivity contribution >= 4 is 52.5 Å². The first kappa shape index (κ1) is 42.5. The molecule has 326 valence electrons. The van der Waals surface area contributed by atoms with E-state index < -0.39 is 41.7 Å². The smallest absolute Gasteiger partial charge is 0.408 e. The molecule has 3 saturated carbocycles. The van der Waals surface area contributed by atoms with E-state index in [4.69, 9.17) is 40.3 Å². The molecule has 6 aliphatic rings. The van der Waals surface area contributed by atoms with E-state index in [0.29, 0.717) is 77.6 Å². The number of esters is 1. The summed E-state index contributed by atoms with van der Waals surface area (Å²) in [5, 5.41) is 6.98. The zero-order valence-corrected chi connectivity index (χ0v) is 35.9. The van der Waals surface area contributed by atoms with Crippen LogP contribution in [0.25, 0.3) is 17.0 Å². The monoisotopic (exact) mass is 849 g/mol. The van der Waals surface area contributed by atoms with E-state index in [2.05, 4.69) is 15.5 Å². The number of ether oxygens (including phenoxy) is 5. The Balaban J connectivity index is 1.06. The molecule has 0 bridgehead atoms. The third kappa shape index (κ3) is 9.65. The van der Waals surface area contributed by atoms with Crippen molar-refractivity contribution in [1.82, 2.24) is 25.4 Å². The van der Waals surface area contributed by atoms with Gasteiger partial charge in [-0.2, -0.15) is 0 Å². The Morgan fingerprint density at radius 1 is 1.00 bits per heavy atom. The first-order valence-corrected chi connectivity index (χ1v) is 22.4. The van der Waals surface area contributed by atoms with E-state index >= 15 is 0 Å². The van der Waals surface area contributed by atoms with Gasteiger partial charge < -0.3 is 39.2 Å².